The summed E-state index contributed by atoms with van der Waals surface area (Å²) >= 11 is 0. The van der Waals surface area contributed by atoms with E-state index < -0.39 is 16.9 Å². The second-order valence-electron chi connectivity index (χ2n) is 6.35. The maximum absolute atomic E-state index is 12.3. The molecule has 148 valence electrons. The average molecular weight is 393 g/mol. The van der Waals surface area contributed by atoms with Gasteiger partial charge in [-0.15, -0.1) is 0 Å². The second kappa shape index (κ2) is 8.79. The molecule has 0 bridgehead atoms. The molecule has 29 heavy (non-hydrogen) atoms. The van der Waals surface area contributed by atoms with Gasteiger partial charge in [-0.05, 0) is 25.1 Å². The monoisotopic (exact) mass is 393 g/mol. The van der Waals surface area contributed by atoms with Crippen molar-refractivity contribution < 1.29 is 14.5 Å². The van der Waals surface area contributed by atoms with Crippen LogP contribution in [0.3, 0.4) is 0 Å². The molecule has 9 heteroatoms. The first kappa shape index (κ1) is 19.7. The Morgan fingerprint density at radius 3 is 2.66 bits per heavy atom. The molecule has 1 unspecified atom stereocenters. The molecule has 2 amide bonds. The molecule has 2 N–H and O–H groups in total. The molecule has 0 aliphatic rings. The third-order valence-electron chi connectivity index (χ3n) is 4.18. The number of rotatable bonds is 7. The van der Waals surface area contributed by atoms with E-state index in [9.17, 15) is 19.7 Å². The van der Waals surface area contributed by atoms with Crippen molar-refractivity contribution >= 4 is 17.5 Å². The van der Waals surface area contributed by atoms with Crippen LogP contribution < -0.4 is 10.6 Å². The topological polar surface area (TPSA) is 119 Å². The summed E-state index contributed by atoms with van der Waals surface area (Å²) in [6.45, 7) is 1.79. The van der Waals surface area contributed by atoms with E-state index in [2.05, 4.69) is 15.7 Å². The summed E-state index contributed by atoms with van der Waals surface area (Å²) in [5, 5.41) is 20.4. The predicted octanol–water partition coefficient (Wildman–Crippen LogP) is 2.22. The molecule has 1 aromatic heterocycles. The minimum atomic E-state index is -0.814. The highest BCUT2D eigenvalue weighted by atomic mass is 16.6. The summed E-state index contributed by atoms with van der Waals surface area (Å²) < 4.78 is 1.70. The number of benzene rings is 2. The molecule has 1 atom stereocenters. The molecule has 0 spiro atoms. The maximum atomic E-state index is 12.3. The smallest absolute Gasteiger partial charge is 0.270 e. The number of hydrogen-bond acceptors (Lipinski definition) is 5. The molecule has 0 saturated heterocycles. The van der Waals surface area contributed by atoms with Gasteiger partial charge in [0.1, 0.15) is 6.04 Å². The molecule has 0 saturated carbocycles. The number of hydrogen-bond donors (Lipinski definition) is 2. The molecule has 0 radical (unpaired) electrons. The number of para-hydroxylation sites is 1. The molecule has 0 aliphatic carbocycles. The first-order valence-corrected chi connectivity index (χ1v) is 8.86. The molecular weight excluding hydrogens is 374 g/mol. The number of carbonyl (C=O) groups is 2. The van der Waals surface area contributed by atoms with E-state index in [1.54, 1.807) is 10.9 Å². The zero-order valence-corrected chi connectivity index (χ0v) is 15.6. The van der Waals surface area contributed by atoms with Crippen molar-refractivity contribution in [2.45, 2.75) is 19.5 Å². The standard InChI is InChI=1S/C20H19N5O4/c1-14(23-20(27)16-6-5-9-18(10-16)25(28)29)19(26)21-11-15-12-22-24(13-15)17-7-3-2-4-8-17/h2-10,12-14H,11H2,1H3,(H,21,26)(H,23,27). The van der Waals surface area contributed by atoms with Crippen LogP contribution in [0.2, 0.25) is 0 Å². The Labute approximate surface area is 166 Å². The lowest BCUT2D eigenvalue weighted by molar-refractivity contribution is -0.384. The van der Waals surface area contributed by atoms with Gasteiger partial charge in [0, 0.05) is 36.0 Å². The third kappa shape index (κ3) is 5.04. The van der Waals surface area contributed by atoms with Gasteiger partial charge < -0.3 is 10.6 Å². The molecular formula is C20H19N5O4. The first-order valence-electron chi connectivity index (χ1n) is 8.86. The number of amides is 2. The van der Waals surface area contributed by atoms with Crippen LogP contribution in [-0.2, 0) is 11.3 Å². The first-order chi connectivity index (χ1) is 13.9. The summed E-state index contributed by atoms with van der Waals surface area (Å²) in [7, 11) is 0. The highest BCUT2D eigenvalue weighted by Crippen LogP contribution is 2.13. The molecule has 3 aromatic rings. The van der Waals surface area contributed by atoms with Crippen molar-refractivity contribution in [3.63, 3.8) is 0 Å². The van der Waals surface area contributed by atoms with Crippen LogP contribution in [0.15, 0.2) is 67.0 Å². The largest absolute Gasteiger partial charge is 0.350 e. The van der Waals surface area contributed by atoms with Crippen molar-refractivity contribution in [2.24, 2.45) is 0 Å². The summed E-state index contributed by atoms with van der Waals surface area (Å²) in [6.07, 6.45) is 3.46. The average Bonchev–Trinajstić information content (AvgIpc) is 3.21. The summed E-state index contributed by atoms with van der Waals surface area (Å²) in [5.74, 6) is -0.940. The number of nitro groups is 1. The van der Waals surface area contributed by atoms with Gasteiger partial charge in [0.15, 0.2) is 0 Å². The SMILES string of the molecule is CC(NC(=O)c1cccc([N+](=O)[O-])c1)C(=O)NCc1cnn(-c2ccccc2)c1. The van der Waals surface area contributed by atoms with E-state index in [1.807, 2.05) is 36.5 Å². The molecule has 3 rings (SSSR count). The fourth-order valence-electron chi connectivity index (χ4n) is 2.62. The Hall–Kier alpha value is -4.01. The number of aromatic nitrogens is 2. The summed E-state index contributed by atoms with van der Waals surface area (Å²) in [4.78, 5) is 34.8. The normalized spacial score (nSPS) is 11.5. The van der Waals surface area contributed by atoms with Crippen LogP contribution in [0.25, 0.3) is 5.69 Å². The van der Waals surface area contributed by atoms with Gasteiger partial charge in [-0.3, -0.25) is 19.7 Å². The molecule has 0 fully saturated rings. The number of carbonyl (C=O) groups excluding carboxylic acids is 2. The van der Waals surface area contributed by atoms with Crippen molar-refractivity contribution in [3.8, 4) is 5.69 Å². The van der Waals surface area contributed by atoms with Crippen molar-refractivity contribution in [3.05, 3.63) is 88.2 Å². The Bertz CT molecular complexity index is 1030. The molecule has 1 heterocycles. The molecule has 9 nitrogen and oxygen atoms in total. The Morgan fingerprint density at radius 2 is 1.93 bits per heavy atom. The van der Waals surface area contributed by atoms with E-state index in [0.717, 1.165) is 17.3 Å². The summed E-state index contributed by atoms with van der Waals surface area (Å²) in [5.41, 5.74) is 1.63. The Kier molecular flexibility index (Phi) is 5.98. The lowest BCUT2D eigenvalue weighted by Crippen LogP contribution is -2.44. The van der Waals surface area contributed by atoms with E-state index in [-0.39, 0.29) is 23.7 Å². The van der Waals surface area contributed by atoms with Crippen LogP contribution in [-0.4, -0.2) is 32.6 Å². The Balaban J connectivity index is 1.54. The highest BCUT2D eigenvalue weighted by molar-refractivity contribution is 5.97. The fourth-order valence-corrected chi connectivity index (χ4v) is 2.62. The third-order valence-corrected chi connectivity index (χ3v) is 4.18. The van der Waals surface area contributed by atoms with Crippen LogP contribution in [0.4, 0.5) is 5.69 Å². The summed E-state index contributed by atoms with van der Waals surface area (Å²) in [6, 6.07) is 14.1. The van der Waals surface area contributed by atoms with Crippen LogP contribution >= 0.6 is 0 Å². The minimum Gasteiger partial charge on any atom is -0.350 e. The van der Waals surface area contributed by atoms with E-state index in [1.165, 1.54) is 25.1 Å². The van der Waals surface area contributed by atoms with Gasteiger partial charge in [0.05, 0.1) is 16.8 Å². The van der Waals surface area contributed by atoms with Crippen LogP contribution in [0.1, 0.15) is 22.8 Å². The predicted molar refractivity (Wildman–Crippen MR) is 105 cm³/mol. The zero-order chi connectivity index (χ0) is 20.8. The quantitative estimate of drug-likeness (QED) is 0.471. The van der Waals surface area contributed by atoms with Crippen LogP contribution in [0, 0.1) is 10.1 Å². The molecule has 2 aromatic carbocycles. The lowest BCUT2D eigenvalue weighted by Gasteiger charge is -2.13. The van der Waals surface area contributed by atoms with Gasteiger partial charge in [0.25, 0.3) is 11.6 Å². The zero-order valence-electron chi connectivity index (χ0n) is 15.6. The molecule has 0 aliphatic heterocycles. The van der Waals surface area contributed by atoms with E-state index >= 15 is 0 Å². The lowest BCUT2D eigenvalue weighted by atomic mass is 10.1. The number of nitro benzene ring substituents is 1. The van der Waals surface area contributed by atoms with Gasteiger partial charge in [-0.1, -0.05) is 24.3 Å². The fraction of sp³-hybridized carbons (Fsp3) is 0.150. The second-order valence-corrected chi connectivity index (χ2v) is 6.35. The van der Waals surface area contributed by atoms with E-state index in [4.69, 9.17) is 0 Å². The van der Waals surface area contributed by atoms with Crippen molar-refractivity contribution in [2.75, 3.05) is 0 Å². The Morgan fingerprint density at radius 1 is 1.17 bits per heavy atom. The number of nitrogens with one attached hydrogen (secondary N) is 2. The van der Waals surface area contributed by atoms with Gasteiger partial charge in [0.2, 0.25) is 5.91 Å². The van der Waals surface area contributed by atoms with Crippen LogP contribution in [0.5, 0.6) is 0 Å². The van der Waals surface area contributed by atoms with Gasteiger partial charge >= 0.3 is 0 Å². The van der Waals surface area contributed by atoms with Gasteiger partial charge in [-0.25, -0.2) is 4.68 Å². The van der Waals surface area contributed by atoms with Crippen molar-refractivity contribution in [1.29, 1.82) is 0 Å². The van der Waals surface area contributed by atoms with Crippen molar-refractivity contribution in [1.82, 2.24) is 20.4 Å². The van der Waals surface area contributed by atoms with E-state index in [0.29, 0.717) is 0 Å². The highest BCUT2D eigenvalue weighted by Gasteiger charge is 2.18. The minimum absolute atomic E-state index is 0.114. The maximum Gasteiger partial charge on any atom is 0.270 e. The number of nitrogens with zero attached hydrogens (tertiary/aromatic N) is 3. The van der Waals surface area contributed by atoms with Gasteiger partial charge in [-0.2, -0.15) is 5.10 Å². The number of non-ortho nitro benzene ring substituents is 1.